The number of para-hydroxylation sites is 1. The third-order valence-electron chi connectivity index (χ3n) is 5.27. The Morgan fingerprint density at radius 1 is 1.09 bits per heavy atom. The molecule has 2 aromatic carbocycles. The molecule has 0 saturated heterocycles. The van der Waals surface area contributed by atoms with Crippen molar-refractivity contribution in [3.63, 3.8) is 0 Å². The first-order valence-corrected chi connectivity index (χ1v) is 10.6. The number of fused-ring (bicyclic) bond motifs is 1. The Hall–Kier alpha value is -4.17. The maximum Gasteiger partial charge on any atom is 0.267 e. The van der Waals surface area contributed by atoms with Gasteiger partial charge in [-0.05, 0) is 37.3 Å². The van der Waals surface area contributed by atoms with E-state index in [9.17, 15) is 4.79 Å². The van der Waals surface area contributed by atoms with Crippen molar-refractivity contribution in [3.8, 4) is 16.8 Å². The lowest BCUT2D eigenvalue weighted by atomic mass is 10.1. The Kier molecular flexibility index (Phi) is 5.27. The summed E-state index contributed by atoms with van der Waals surface area (Å²) in [5.74, 6) is 1.11. The summed E-state index contributed by atoms with van der Waals surface area (Å²) in [6, 6.07) is 15.9. The van der Waals surface area contributed by atoms with Crippen LogP contribution in [0, 0.1) is 0 Å². The van der Waals surface area contributed by atoms with E-state index in [0.29, 0.717) is 38.8 Å². The van der Waals surface area contributed by atoms with Crippen LogP contribution in [0.3, 0.4) is 0 Å². The van der Waals surface area contributed by atoms with Crippen LogP contribution in [0.5, 0.6) is 0 Å². The zero-order valence-corrected chi connectivity index (χ0v) is 18.3. The van der Waals surface area contributed by atoms with Gasteiger partial charge in [-0.1, -0.05) is 35.9 Å². The zero-order chi connectivity index (χ0) is 22.9. The van der Waals surface area contributed by atoms with Crippen LogP contribution in [0.2, 0.25) is 5.02 Å². The molecule has 3 heterocycles. The largest absolute Gasteiger partial charge is 0.472 e. The number of benzene rings is 2. The maximum atomic E-state index is 13.6. The molecule has 0 unspecified atom stereocenters. The Morgan fingerprint density at radius 2 is 1.91 bits per heavy atom. The maximum absolute atomic E-state index is 13.6. The van der Waals surface area contributed by atoms with E-state index in [1.54, 1.807) is 47.6 Å². The van der Waals surface area contributed by atoms with Gasteiger partial charge in [0.05, 0.1) is 40.2 Å². The van der Waals surface area contributed by atoms with Gasteiger partial charge in [-0.15, -0.1) is 0 Å². The molecule has 5 aromatic rings. The van der Waals surface area contributed by atoms with E-state index >= 15 is 0 Å². The SMILES string of the molecule is C[C@H](Nc1nc(N)ncc1-c1ccoc1)c1nc2cccc(Cl)c2c(=O)n1-c1ccccc1. The molecule has 0 amide bonds. The summed E-state index contributed by atoms with van der Waals surface area (Å²) in [6.45, 7) is 1.90. The van der Waals surface area contributed by atoms with Crippen LogP contribution in [-0.4, -0.2) is 19.5 Å². The van der Waals surface area contributed by atoms with Crippen LogP contribution in [-0.2, 0) is 0 Å². The predicted molar refractivity (Wildman–Crippen MR) is 129 cm³/mol. The fourth-order valence-corrected chi connectivity index (χ4v) is 3.98. The molecule has 1 atom stereocenters. The van der Waals surface area contributed by atoms with E-state index in [-0.39, 0.29) is 11.5 Å². The van der Waals surface area contributed by atoms with Crippen LogP contribution in [0.4, 0.5) is 11.8 Å². The summed E-state index contributed by atoms with van der Waals surface area (Å²) in [5.41, 5.74) is 8.31. The average Bonchev–Trinajstić information content (AvgIpc) is 3.34. The van der Waals surface area contributed by atoms with Crippen molar-refractivity contribution in [2.24, 2.45) is 0 Å². The van der Waals surface area contributed by atoms with Crippen LogP contribution >= 0.6 is 11.6 Å². The third kappa shape index (κ3) is 3.81. The molecule has 5 rings (SSSR count). The van der Waals surface area contributed by atoms with Crippen LogP contribution < -0.4 is 16.6 Å². The van der Waals surface area contributed by atoms with Crippen molar-refractivity contribution in [1.82, 2.24) is 19.5 Å². The summed E-state index contributed by atoms with van der Waals surface area (Å²) in [6.07, 6.45) is 4.79. The lowest BCUT2D eigenvalue weighted by molar-refractivity contribution is 0.568. The van der Waals surface area contributed by atoms with E-state index in [1.807, 2.05) is 37.3 Å². The quantitative estimate of drug-likeness (QED) is 0.387. The number of nitrogen functional groups attached to an aromatic ring is 1. The molecule has 0 saturated carbocycles. The molecule has 33 heavy (non-hydrogen) atoms. The highest BCUT2D eigenvalue weighted by atomic mass is 35.5. The van der Waals surface area contributed by atoms with E-state index in [0.717, 1.165) is 5.56 Å². The van der Waals surface area contributed by atoms with E-state index < -0.39 is 6.04 Å². The molecular formula is C24H19ClN6O2. The molecule has 0 bridgehead atoms. The number of anilines is 2. The second-order valence-corrected chi connectivity index (χ2v) is 7.86. The first-order chi connectivity index (χ1) is 16.0. The van der Waals surface area contributed by atoms with Crippen LogP contribution in [0.15, 0.2) is 82.5 Å². The van der Waals surface area contributed by atoms with E-state index in [1.165, 1.54) is 0 Å². The number of halogens is 1. The highest BCUT2D eigenvalue weighted by Gasteiger charge is 2.21. The molecule has 0 aliphatic carbocycles. The van der Waals surface area contributed by atoms with Crippen molar-refractivity contribution < 1.29 is 4.42 Å². The summed E-state index contributed by atoms with van der Waals surface area (Å²) < 4.78 is 6.77. The van der Waals surface area contributed by atoms with Gasteiger partial charge >= 0.3 is 0 Å². The molecule has 0 aliphatic rings. The van der Waals surface area contributed by atoms with Crippen molar-refractivity contribution >= 4 is 34.3 Å². The summed E-state index contributed by atoms with van der Waals surface area (Å²) in [4.78, 5) is 26.9. The van der Waals surface area contributed by atoms with Crippen LogP contribution in [0.25, 0.3) is 27.7 Å². The Balaban J connectivity index is 1.68. The van der Waals surface area contributed by atoms with Gasteiger partial charge in [-0.3, -0.25) is 9.36 Å². The van der Waals surface area contributed by atoms with E-state index in [4.69, 9.17) is 26.7 Å². The van der Waals surface area contributed by atoms with Crippen molar-refractivity contribution in [1.29, 1.82) is 0 Å². The normalized spacial score (nSPS) is 12.1. The van der Waals surface area contributed by atoms with E-state index in [2.05, 4.69) is 15.3 Å². The summed E-state index contributed by atoms with van der Waals surface area (Å²) in [5, 5.41) is 4.06. The number of nitrogens with zero attached hydrogens (tertiary/aromatic N) is 4. The molecule has 8 nitrogen and oxygen atoms in total. The number of rotatable bonds is 5. The minimum Gasteiger partial charge on any atom is -0.472 e. The fraction of sp³-hybridized carbons (Fsp3) is 0.0833. The second kappa shape index (κ2) is 8.40. The van der Waals surface area contributed by atoms with Gasteiger partial charge in [0, 0.05) is 17.3 Å². The number of hydrogen-bond donors (Lipinski definition) is 2. The lowest BCUT2D eigenvalue weighted by Crippen LogP contribution is -2.27. The standard InChI is InChI=1S/C24H19ClN6O2/c1-14(28-21-17(12-27-24(26)30-21)15-10-11-33-13-15)22-29-19-9-5-8-18(25)20(19)23(32)31(22)16-6-3-2-4-7-16/h2-14H,1H3,(H3,26,27,28,30)/t14-/m0/s1. The third-order valence-corrected chi connectivity index (χ3v) is 5.58. The van der Waals surface area contributed by atoms with Gasteiger partial charge in [0.25, 0.3) is 5.56 Å². The van der Waals surface area contributed by atoms with Gasteiger partial charge in [0.1, 0.15) is 11.6 Å². The highest BCUT2D eigenvalue weighted by molar-refractivity contribution is 6.35. The Morgan fingerprint density at radius 3 is 2.67 bits per heavy atom. The molecule has 3 N–H and O–H groups in total. The summed E-state index contributed by atoms with van der Waals surface area (Å²) in [7, 11) is 0. The van der Waals surface area contributed by atoms with Crippen molar-refractivity contribution in [2.75, 3.05) is 11.1 Å². The molecule has 3 aromatic heterocycles. The molecule has 0 spiro atoms. The van der Waals surface area contributed by atoms with Gasteiger partial charge in [0.15, 0.2) is 0 Å². The molecule has 164 valence electrons. The number of hydrogen-bond acceptors (Lipinski definition) is 7. The highest BCUT2D eigenvalue weighted by Crippen LogP contribution is 2.30. The minimum atomic E-state index is -0.429. The lowest BCUT2D eigenvalue weighted by Gasteiger charge is -2.21. The summed E-state index contributed by atoms with van der Waals surface area (Å²) >= 11 is 6.37. The molecular weight excluding hydrogens is 440 g/mol. The van der Waals surface area contributed by atoms with Gasteiger partial charge in [0.2, 0.25) is 5.95 Å². The van der Waals surface area contributed by atoms with Gasteiger partial charge < -0.3 is 15.5 Å². The molecule has 0 fully saturated rings. The second-order valence-electron chi connectivity index (χ2n) is 7.45. The predicted octanol–water partition coefficient (Wildman–Crippen LogP) is 4.84. The fourth-order valence-electron chi connectivity index (χ4n) is 3.73. The van der Waals surface area contributed by atoms with Crippen molar-refractivity contribution in [2.45, 2.75) is 13.0 Å². The topological polar surface area (TPSA) is 112 Å². The number of aromatic nitrogens is 4. The first-order valence-electron chi connectivity index (χ1n) is 10.2. The van der Waals surface area contributed by atoms with Gasteiger partial charge in [-0.2, -0.15) is 4.98 Å². The Labute approximate surface area is 193 Å². The van der Waals surface area contributed by atoms with Crippen molar-refractivity contribution in [3.05, 3.63) is 94.5 Å². The molecule has 0 radical (unpaired) electrons. The molecule has 0 aliphatic heterocycles. The first kappa shape index (κ1) is 20.7. The van der Waals surface area contributed by atoms with Gasteiger partial charge in [-0.25, -0.2) is 9.97 Å². The van der Waals surface area contributed by atoms with Crippen LogP contribution in [0.1, 0.15) is 18.8 Å². The zero-order valence-electron chi connectivity index (χ0n) is 17.6. The smallest absolute Gasteiger partial charge is 0.267 e. The average molecular weight is 459 g/mol. The minimum absolute atomic E-state index is 0.121. The number of furan rings is 1. The molecule has 9 heteroatoms. The monoisotopic (exact) mass is 458 g/mol. The Bertz CT molecular complexity index is 1500. The number of nitrogens with two attached hydrogens (primary N) is 1. The number of nitrogens with one attached hydrogen (secondary N) is 1.